The van der Waals surface area contributed by atoms with Crippen molar-refractivity contribution in [1.82, 2.24) is 9.97 Å². The lowest BCUT2D eigenvalue weighted by atomic mass is 10.3. The summed E-state index contributed by atoms with van der Waals surface area (Å²) in [6.45, 7) is 1.75. The molecular formula is C12H9ClF2N2O. The maximum Gasteiger partial charge on any atom is 0.322 e. The fraction of sp³-hybridized carbons (Fsp3) is 0.167. The number of alkyl halides is 1. The summed E-state index contributed by atoms with van der Waals surface area (Å²) >= 11 is 5.67. The summed E-state index contributed by atoms with van der Waals surface area (Å²) in [5, 5.41) is 0. The SMILES string of the molecule is Cc1nc(Oc2cc(F)cc(F)c2)ncc1CCl. The molecule has 1 heterocycles. The number of aryl methyl sites for hydroxylation is 1. The standard InChI is InChI=1S/C12H9ClF2N2O/c1-7-8(5-13)6-16-12(17-7)18-11-3-9(14)2-10(15)4-11/h2-4,6H,5H2,1H3. The van der Waals surface area contributed by atoms with Crippen LogP contribution in [0.4, 0.5) is 8.78 Å². The molecule has 0 fully saturated rings. The predicted octanol–water partition coefficient (Wildman–Crippen LogP) is 3.59. The molecule has 0 aliphatic rings. The molecule has 0 bridgehead atoms. The second kappa shape index (κ2) is 5.27. The minimum absolute atomic E-state index is 0.00511. The van der Waals surface area contributed by atoms with Crippen molar-refractivity contribution in [2.24, 2.45) is 0 Å². The number of halogens is 3. The number of benzene rings is 1. The van der Waals surface area contributed by atoms with Crippen LogP contribution in [0.15, 0.2) is 24.4 Å². The quantitative estimate of drug-likeness (QED) is 0.800. The zero-order valence-corrected chi connectivity index (χ0v) is 10.2. The van der Waals surface area contributed by atoms with Gasteiger partial charge in [0.1, 0.15) is 17.4 Å². The van der Waals surface area contributed by atoms with Gasteiger partial charge < -0.3 is 4.74 Å². The predicted molar refractivity (Wildman–Crippen MR) is 62.8 cm³/mol. The van der Waals surface area contributed by atoms with Gasteiger partial charge in [0.2, 0.25) is 0 Å². The molecule has 0 saturated carbocycles. The molecule has 0 radical (unpaired) electrons. The van der Waals surface area contributed by atoms with Gasteiger partial charge >= 0.3 is 6.01 Å². The molecule has 1 aromatic carbocycles. The molecule has 0 unspecified atom stereocenters. The minimum Gasteiger partial charge on any atom is -0.424 e. The summed E-state index contributed by atoms with van der Waals surface area (Å²) in [4.78, 5) is 7.94. The first-order chi connectivity index (χ1) is 8.58. The zero-order valence-electron chi connectivity index (χ0n) is 9.45. The summed E-state index contributed by atoms with van der Waals surface area (Å²) in [7, 11) is 0. The fourth-order valence-corrected chi connectivity index (χ4v) is 1.61. The Labute approximate surface area is 107 Å². The van der Waals surface area contributed by atoms with E-state index in [9.17, 15) is 8.78 Å². The topological polar surface area (TPSA) is 35.0 Å². The van der Waals surface area contributed by atoms with Crippen molar-refractivity contribution < 1.29 is 13.5 Å². The van der Waals surface area contributed by atoms with Gasteiger partial charge in [0.25, 0.3) is 0 Å². The van der Waals surface area contributed by atoms with Gasteiger partial charge in [-0.15, -0.1) is 11.6 Å². The summed E-state index contributed by atoms with van der Waals surface area (Å²) in [6.07, 6.45) is 1.51. The Kier molecular flexibility index (Phi) is 3.72. The molecule has 0 saturated heterocycles. The van der Waals surface area contributed by atoms with Crippen molar-refractivity contribution >= 4 is 11.6 Å². The first-order valence-electron chi connectivity index (χ1n) is 5.11. The molecule has 0 spiro atoms. The van der Waals surface area contributed by atoms with E-state index in [2.05, 4.69) is 9.97 Å². The van der Waals surface area contributed by atoms with E-state index in [1.54, 1.807) is 6.92 Å². The summed E-state index contributed by atoms with van der Waals surface area (Å²) in [6, 6.07) is 2.88. The van der Waals surface area contributed by atoms with Gasteiger partial charge in [-0.05, 0) is 6.92 Å². The van der Waals surface area contributed by atoms with Crippen LogP contribution in [0.25, 0.3) is 0 Å². The van der Waals surface area contributed by atoms with Crippen molar-refractivity contribution in [3.05, 3.63) is 47.3 Å². The van der Waals surface area contributed by atoms with Crippen LogP contribution in [-0.4, -0.2) is 9.97 Å². The first-order valence-corrected chi connectivity index (χ1v) is 5.64. The fourth-order valence-electron chi connectivity index (χ4n) is 1.34. The third-order valence-electron chi connectivity index (χ3n) is 2.25. The molecule has 0 amide bonds. The van der Waals surface area contributed by atoms with Crippen molar-refractivity contribution in [2.75, 3.05) is 0 Å². The molecule has 1 aromatic heterocycles. The molecule has 18 heavy (non-hydrogen) atoms. The molecule has 0 atom stereocenters. The largest absolute Gasteiger partial charge is 0.424 e. The molecule has 94 valence electrons. The van der Waals surface area contributed by atoms with Crippen LogP contribution >= 0.6 is 11.6 Å². The first kappa shape index (κ1) is 12.7. The van der Waals surface area contributed by atoms with Crippen molar-refractivity contribution in [1.29, 1.82) is 0 Å². The average Bonchev–Trinajstić information content (AvgIpc) is 2.27. The molecule has 6 heteroatoms. The highest BCUT2D eigenvalue weighted by molar-refractivity contribution is 6.17. The number of rotatable bonds is 3. The molecule has 2 rings (SSSR count). The van der Waals surface area contributed by atoms with Crippen LogP contribution in [0.2, 0.25) is 0 Å². The van der Waals surface area contributed by atoms with E-state index in [0.717, 1.165) is 23.8 Å². The summed E-state index contributed by atoms with van der Waals surface area (Å²) in [5.41, 5.74) is 1.43. The number of ether oxygens (including phenoxy) is 1. The Bertz CT molecular complexity index is 558. The highest BCUT2D eigenvalue weighted by Gasteiger charge is 2.07. The second-order valence-corrected chi connectivity index (χ2v) is 3.87. The van der Waals surface area contributed by atoms with Gasteiger partial charge in [0, 0.05) is 35.7 Å². The van der Waals surface area contributed by atoms with Crippen molar-refractivity contribution in [2.45, 2.75) is 12.8 Å². The van der Waals surface area contributed by atoms with Gasteiger partial charge in [-0.2, -0.15) is 4.98 Å². The van der Waals surface area contributed by atoms with Crippen LogP contribution in [-0.2, 0) is 5.88 Å². The lowest BCUT2D eigenvalue weighted by Crippen LogP contribution is -1.97. The Morgan fingerprint density at radius 1 is 1.22 bits per heavy atom. The average molecular weight is 271 g/mol. The van der Waals surface area contributed by atoms with E-state index < -0.39 is 11.6 Å². The monoisotopic (exact) mass is 270 g/mol. The molecular weight excluding hydrogens is 262 g/mol. The Balaban J connectivity index is 2.25. The van der Waals surface area contributed by atoms with E-state index in [1.807, 2.05) is 0 Å². The lowest BCUT2D eigenvalue weighted by Gasteiger charge is -2.06. The van der Waals surface area contributed by atoms with Crippen LogP contribution in [0.5, 0.6) is 11.8 Å². The molecule has 0 aliphatic heterocycles. The summed E-state index contributed by atoms with van der Waals surface area (Å²) in [5.74, 6) is -1.15. The Hall–Kier alpha value is -1.75. The number of hydrogen-bond donors (Lipinski definition) is 0. The second-order valence-electron chi connectivity index (χ2n) is 3.60. The van der Waals surface area contributed by atoms with E-state index in [0.29, 0.717) is 11.6 Å². The molecule has 3 nitrogen and oxygen atoms in total. The van der Waals surface area contributed by atoms with E-state index in [4.69, 9.17) is 16.3 Å². The minimum atomic E-state index is -0.723. The number of hydrogen-bond acceptors (Lipinski definition) is 3. The van der Waals surface area contributed by atoms with Gasteiger partial charge in [0.15, 0.2) is 0 Å². The highest BCUT2D eigenvalue weighted by atomic mass is 35.5. The molecule has 0 aliphatic carbocycles. The van der Waals surface area contributed by atoms with E-state index in [-0.39, 0.29) is 11.8 Å². The molecule has 0 N–H and O–H groups in total. The third kappa shape index (κ3) is 2.92. The Morgan fingerprint density at radius 2 is 1.89 bits per heavy atom. The van der Waals surface area contributed by atoms with Crippen LogP contribution in [0.3, 0.4) is 0 Å². The number of aromatic nitrogens is 2. The normalized spacial score (nSPS) is 10.4. The van der Waals surface area contributed by atoms with Crippen molar-refractivity contribution in [3.63, 3.8) is 0 Å². The highest BCUT2D eigenvalue weighted by Crippen LogP contribution is 2.21. The van der Waals surface area contributed by atoms with Crippen LogP contribution < -0.4 is 4.74 Å². The number of nitrogens with zero attached hydrogens (tertiary/aromatic N) is 2. The van der Waals surface area contributed by atoms with Gasteiger partial charge in [-0.1, -0.05) is 0 Å². The van der Waals surface area contributed by atoms with Gasteiger partial charge in [0.05, 0.1) is 5.88 Å². The van der Waals surface area contributed by atoms with Gasteiger partial charge in [-0.25, -0.2) is 13.8 Å². The van der Waals surface area contributed by atoms with Gasteiger partial charge in [-0.3, -0.25) is 0 Å². The smallest absolute Gasteiger partial charge is 0.322 e. The van der Waals surface area contributed by atoms with Crippen LogP contribution in [0.1, 0.15) is 11.3 Å². The molecule has 2 aromatic rings. The van der Waals surface area contributed by atoms with Crippen molar-refractivity contribution in [3.8, 4) is 11.8 Å². The summed E-state index contributed by atoms with van der Waals surface area (Å²) < 4.78 is 31.1. The third-order valence-corrected chi connectivity index (χ3v) is 2.54. The maximum atomic E-state index is 13.0. The zero-order chi connectivity index (χ0) is 13.1. The Morgan fingerprint density at radius 3 is 2.44 bits per heavy atom. The maximum absolute atomic E-state index is 13.0. The lowest BCUT2D eigenvalue weighted by molar-refractivity contribution is 0.430. The van der Waals surface area contributed by atoms with E-state index in [1.165, 1.54) is 6.20 Å². The van der Waals surface area contributed by atoms with E-state index >= 15 is 0 Å². The van der Waals surface area contributed by atoms with Crippen LogP contribution in [0, 0.1) is 18.6 Å².